The standard InChI is InChI=1S/C20H13F4N3O4/c21-13-7-10(1-2-17(13)28)14-8-11(3-5-25-14)16-9-12-15(4-6-26-18(12)29)27(16)31-19(30)20(22,23)24/h1-3,5,7-9,28H,4,6H2,(H,26,29). The number of aromatic hydroxyl groups is 1. The molecule has 11 heteroatoms. The molecule has 1 aliphatic heterocycles. The number of amides is 1. The van der Waals surface area contributed by atoms with Gasteiger partial charge in [0.1, 0.15) is 0 Å². The number of hydrogen-bond acceptors (Lipinski definition) is 5. The van der Waals surface area contributed by atoms with E-state index in [9.17, 15) is 32.3 Å². The summed E-state index contributed by atoms with van der Waals surface area (Å²) < 4.78 is 52.8. The first-order valence-corrected chi connectivity index (χ1v) is 8.93. The zero-order valence-corrected chi connectivity index (χ0v) is 15.5. The molecule has 1 amide bonds. The molecule has 0 saturated carbocycles. The van der Waals surface area contributed by atoms with Crippen molar-refractivity contribution in [2.75, 3.05) is 6.54 Å². The van der Waals surface area contributed by atoms with Crippen molar-refractivity contribution < 1.29 is 37.1 Å². The largest absolute Gasteiger partial charge is 0.505 e. The zero-order chi connectivity index (χ0) is 22.3. The van der Waals surface area contributed by atoms with Gasteiger partial charge < -0.3 is 15.3 Å². The molecule has 1 aliphatic rings. The summed E-state index contributed by atoms with van der Waals surface area (Å²) in [6.07, 6.45) is -3.76. The molecular formula is C20H13F4N3O4. The van der Waals surface area contributed by atoms with Crippen molar-refractivity contribution in [1.29, 1.82) is 0 Å². The molecule has 0 spiro atoms. The lowest BCUT2D eigenvalue weighted by atomic mass is 10.1. The summed E-state index contributed by atoms with van der Waals surface area (Å²) in [6, 6.07) is 7.77. The number of nitrogens with zero attached hydrogens (tertiary/aromatic N) is 2. The van der Waals surface area contributed by atoms with Crippen molar-refractivity contribution in [3.05, 3.63) is 59.7 Å². The summed E-state index contributed by atoms with van der Waals surface area (Å²) >= 11 is 0. The average Bonchev–Trinajstić information content (AvgIpc) is 3.09. The van der Waals surface area contributed by atoms with Crippen LogP contribution in [0.1, 0.15) is 16.1 Å². The van der Waals surface area contributed by atoms with Crippen molar-refractivity contribution in [3.63, 3.8) is 0 Å². The Morgan fingerprint density at radius 2 is 1.94 bits per heavy atom. The molecule has 1 aromatic carbocycles. The number of phenolic OH excluding ortho intramolecular Hbond substituents is 1. The first-order chi connectivity index (χ1) is 14.6. The Morgan fingerprint density at radius 3 is 2.65 bits per heavy atom. The molecule has 3 aromatic rings. The highest BCUT2D eigenvalue weighted by Gasteiger charge is 2.43. The van der Waals surface area contributed by atoms with Crippen LogP contribution in [-0.4, -0.2) is 39.4 Å². The molecule has 2 N–H and O–H groups in total. The van der Waals surface area contributed by atoms with Gasteiger partial charge in [-0.3, -0.25) is 9.78 Å². The summed E-state index contributed by atoms with van der Waals surface area (Å²) in [5.41, 5.74) is 1.02. The minimum absolute atomic E-state index is 0.0163. The maximum Gasteiger partial charge on any atom is 0.493 e. The highest BCUT2D eigenvalue weighted by atomic mass is 19.4. The summed E-state index contributed by atoms with van der Waals surface area (Å²) in [5.74, 6) is -4.38. The third-order valence-electron chi connectivity index (χ3n) is 4.65. The molecular weight excluding hydrogens is 422 g/mol. The maximum absolute atomic E-state index is 13.7. The molecule has 31 heavy (non-hydrogen) atoms. The van der Waals surface area contributed by atoms with Gasteiger partial charge in [0.15, 0.2) is 11.6 Å². The van der Waals surface area contributed by atoms with E-state index in [0.29, 0.717) is 10.3 Å². The fourth-order valence-electron chi connectivity index (χ4n) is 3.21. The number of alkyl halides is 3. The Kier molecular flexibility index (Phi) is 4.88. The number of halogens is 4. The van der Waals surface area contributed by atoms with Crippen LogP contribution in [0.3, 0.4) is 0 Å². The predicted molar refractivity (Wildman–Crippen MR) is 98.4 cm³/mol. The number of nitrogens with one attached hydrogen (secondary N) is 1. The number of benzene rings is 1. The van der Waals surface area contributed by atoms with Gasteiger partial charge in [0.25, 0.3) is 5.91 Å². The Hall–Kier alpha value is -3.89. The normalized spacial score (nSPS) is 13.5. The van der Waals surface area contributed by atoms with Crippen LogP contribution in [-0.2, 0) is 11.2 Å². The van der Waals surface area contributed by atoms with E-state index in [1.807, 2.05) is 0 Å². The fraction of sp³-hybridized carbons (Fsp3) is 0.150. The molecule has 3 heterocycles. The lowest BCUT2D eigenvalue weighted by Gasteiger charge is -2.17. The van der Waals surface area contributed by atoms with E-state index in [1.54, 1.807) is 0 Å². The number of carbonyl (C=O) groups excluding carboxylic acids is 2. The van der Waals surface area contributed by atoms with Crippen LogP contribution >= 0.6 is 0 Å². The van der Waals surface area contributed by atoms with E-state index in [-0.39, 0.29) is 41.2 Å². The Labute approximate surface area is 171 Å². The summed E-state index contributed by atoms with van der Waals surface area (Å²) in [4.78, 5) is 32.4. The number of carbonyl (C=O) groups is 2. The van der Waals surface area contributed by atoms with Crippen LogP contribution in [0.4, 0.5) is 17.6 Å². The minimum atomic E-state index is -5.24. The molecule has 0 bridgehead atoms. The van der Waals surface area contributed by atoms with Crippen molar-refractivity contribution in [3.8, 4) is 28.3 Å². The van der Waals surface area contributed by atoms with E-state index < -0.39 is 29.6 Å². The van der Waals surface area contributed by atoms with Crippen LogP contribution in [0.5, 0.6) is 5.75 Å². The molecule has 0 atom stereocenters. The lowest BCUT2D eigenvalue weighted by molar-refractivity contribution is -0.199. The monoisotopic (exact) mass is 435 g/mol. The van der Waals surface area contributed by atoms with Crippen molar-refractivity contribution in [1.82, 2.24) is 15.0 Å². The quantitative estimate of drug-likeness (QED) is 0.618. The second kappa shape index (κ2) is 7.42. The van der Waals surface area contributed by atoms with Gasteiger partial charge in [-0.2, -0.15) is 17.9 Å². The van der Waals surface area contributed by atoms with Gasteiger partial charge in [-0.1, -0.05) is 0 Å². The van der Waals surface area contributed by atoms with Crippen LogP contribution < -0.4 is 10.2 Å². The summed E-state index contributed by atoms with van der Waals surface area (Å²) in [5, 5.41) is 11.9. The maximum atomic E-state index is 13.7. The smallest absolute Gasteiger partial charge is 0.493 e. The second-order valence-corrected chi connectivity index (χ2v) is 6.66. The van der Waals surface area contributed by atoms with Crippen molar-refractivity contribution in [2.45, 2.75) is 12.6 Å². The number of hydrogen-bond donors (Lipinski definition) is 2. The number of phenols is 1. The van der Waals surface area contributed by atoms with Gasteiger partial charge in [-0.15, -0.1) is 0 Å². The van der Waals surface area contributed by atoms with E-state index in [2.05, 4.69) is 15.1 Å². The zero-order valence-electron chi connectivity index (χ0n) is 15.5. The van der Waals surface area contributed by atoms with Crippen LogP contribution in [0.15, 0.2) is 42.6 Å². The molecule has 0 fully saturated rings. The van der Waals surface area contributed by atoms with E-state index in [0.717, 1.165) is 12.1 Å². The Bertz CT molecular complexity index is 1200. The highest BCUT2D eigenvalue weighted by Crippen LogP contribution is 2.31. The van der Waals surface area contributed by atoms with Gasteiger partial charge >= 0.3 is 12.1 Å². The van der Waals surface area contributed by atoms with Gasteiger partial charge in [-0.05, 0) is 36.4 Å². The Morgan fingerprint density at radius 1 is 1.16 bits per heavy atom. The van der Waals surface area contributed by atoms with Gasteiger partial charge in [0.05, 0.1) is 22.6 Å². The molecule has 0 saturated heterocycles. The Balaban J connectivity index is 1.83. The molecule has 7 nitrogen and oxygen atoms in total. The first kappa shape index (κ1) is 20.4. The lowest BCUT2D eigenvalue weighted by Crippen LogP contribution is -2.37. The second-order valence-electron chi connectivity index (χ2n) is 6.66. The molecule has 0 unspecified atom stereocenters. The first-order valence-electron chi connectivity index (χ1n) is 8.93. The van der Waals surface area contributed by atoms with E-state index >= 15 is 0 Å². The van der Waals surface area contributed by atoms with Gasteiger partial charge in [0, 0.05) is 30.3 Å². The van der Waals surface area contributed by atoms with Crippen molar-refractivity contribution >= 4 is 11.9 Å². The number of pyridine rings is 1. The topological polar surface area (TPSA) is 93.5 Å². The predicted octanol–water partition coefficient (Wildman–Crippen LogP) is 2.87. The van der Waals surface area contributed by atoms with Crippen LogP contribution in [0.2, 0.25) is 0 Å². The molecule has 0 radical (unpaired) electrons. The highest BCUT2D eigenvalue weighted by molar-refractivity contribution is 5.98. The molecule has 0 aliphatic carbocycles. The summed E-state index contributed by atoms with van der Waals surface area (Å²) in [6.45, 7) is 0.160. The molecule has 160 valence electrons. The van der Waals surface area contributed by atoms with Crippen LogP contribution in [0, 0.1) is 5.82 Å². The number of fused-ring (bicyclic) bond motifs is 1. The summed E-state index contributed by atoms with van der Waals surface area (Å²) in [7, 11) is 0. The van der Waals surface area contributed by atoms with Gasteiger partial charge in [-0.25, -0.2) is 9.18 Å². The van der Waals surface area contributed by atoms with Gasteiger partial charge in [0.2, 0.25) is 0 Å². The third-order valence-corrected chi connectivity index (χ3v) is 4.65. The minimum Gasteiger partial charge on any atom is -0.505 e. The van der Waals surface area contributed by atoms with Crippen molar-refractivity contribution in [2.24, 2.45) is 0 Å². The third kappa shape index (κ3) is 3.81. The van der Waals surface area contributed by atoms with Crippen LogP contribution in [0.25, 0.3) is 22.5 Å². The SMILES string of the molecule is O=C1NCCc2c1cc(-c1ccnc(-c3ccc(O)c(F)c3)c1)n2OC(=O)C(F)(F)F. The average molecular weight is 435 g/mol. The number of aromatic nitrogens is 2. The molecule has 2 aromatic heterocycles. The fourth-order valence-corrected chi connectivity index (χ4v) is 3.21. The van der Waals surface area contributed by atoms with E-state index in [4.69, 9.17) is 0 Å². The van der Waals surface area contributed by atoms with E-state index in [1.165, 1.54) is 30.5 Å². The number of rotatable bonds is 3. The molecule has 4 rings (SSSR count).